The summed E-state index contributed by atoms with van der Waals surface area (Å²) in [6.45, 7) is 6.15. The van der Waals surface area contributed by atoms with E-state index in [1.165, 1.54) is 0 Å². The first-order chi connectivity index (χ1) is 11.9. The second kappa shape index (κ2) is 7.80. The Hall–Kier alpha value is -0.860. The molecule has 2 N–H and O–H groups in total. The van der Waals surface area contributed by atoms with Crippen molar-refractivity contribution in [3.8, 4) is 0 Å². The van der Waals surface area contributed by atoms with Crippen molar-refractivity contribution in [3.05, 3.63) is 0 Å². The third-order valence-electron chi connectivity index (χ3n) is 5.42. The van der Waals surface area contributed by atoms with Crippen LogP contribution in [0, 0.1) is 5.92 Å². The molecular weight excluding hydrogens is 342 g/mol. The minimum Gasteiger partial charge on any atom is -0.354 e. The van der Waals surface area contributed by atoms with Gasteiger partial charge < -0.3 is 20.1 Å². The van der Waals surface area contributed by atoms with Crippen molar-refractivity contribution in [3.63, 3.8) is 0 Å². The summed E-state index contributed by atoms with van der Waals surface area (Å²) < 4.78 is 34.8. The van der Waals surface area contributed by atoms with Crippen LogP contribution in [-0.4, -0.2) is 63.5 Å². The van der Waals surface area contributed by atoms with Crippen LogP contribution in [0.25, 0.3) is 0 Å². The number of rotatable bonds is 5. The largest absolute Gasteiger partial charge is 0.354 e. The van der Waals surface area contributed by atoms with Gasteiger partial charge >= 0.3 is 0 Å². The third kappa shape index (κ3) is 5.08. The first-order valence-corrected chi connectivity index (χ1v) is 11.3. The highest BCUT2D eigenvalue weighted by Crippen LogP contribution is 2.37. The first kappa shape index (κ1) is 18.9. The molecular formula is C17H31N3O4S. The summed E-state index contributed by atoms with van der Waals surface area (Å²) in [5.41, 5.74) is 0. The summed E-state index contributed by atoms with van der Waals surface area (Å²) in [5, 5.41) is 6.93. The molecule has 0 radical (unpaired) electrons. The van der Waals surface area contributed by atoms with Crippen molar-refractivity contribution in [1.82, 2.24) is 10.6 Å². The Morgan fingerprint density at radius 1 is 1.32 bits per heavy atom. The quantitative estimate of drug-likeness (QED) is 0.553. The number of nitrogens with one attached hydrogen (secondary N) is 2. The van der Waals surface area contributed by atoms with Gasteiger partial charge in [-0.05, 0) is 32.1 Å². The summed E-state index contributed by atoms with van der Waals surface area (Å²) in [7, 11) is -2.85. The molecule has 0 amide bonds. The molecule has 0 bridgehead atoms. The topological polar surface area (TPSA) is 89.0 Å². The standard InChI is InChI=1S/C17H31N3O4S/c1-3-13(2)19-16(18-11-14-5-9-25(21,22)12-14)20-15-4-6-17(10-15)23-7-8-24-17/h13-15H,3-12H2,1-2H3,(H2,18,19,20). The molecule has 7 nitrogen and oxygen atoms in total. The van der Waals surface area contributed by atoms with Gasteiger partial charge in [0.05, 0.1) is 24.7 Å². The minimum absolute atomic E-state index is 0.136. The van der Waals surface area contributed by atoms with Gasteiger partial charge in [0.25, 0.3) is 0 Å². The van der Waals surface area contributed by atoms with Crippen LogP contribution in [0.4, 0.5) is 0 Å². The average molecular weight is 374 g/mol. The lowest BCUT2D eigenvalue weighted by atomic mass is 10.1. The molecule has 1 spiro atoms. The van der Waals surface area contributed by atoms with Crippen LogP contribution in [-0.2, 0) is 19.3 Å². The molecule has 1 saturated carbocycles. The fourth-order valence-electron chi connectivity index (χ4n) is 3.75. The van der Waals surface area contributed by atoms with E-state index in [1.54, 1.807) is 0 Å². The average Bonchev–Trinajstić information content (AvgIpc) is 3.27. The van der Waals surface area contributed by atoms with E-state index in [0.717, 1.165) is 38.1 Å². The summed E-state index contributed by atoms with van der Waals surface area (Å²) in [6.07, 6.45) is 4.43. The van der Waals surface area contributed by atoms with Gasteiger partial charge in [-0.1, -0.05) is 6.92 Å². The van der Waals surface area contributed by atoms with Crippen LogP contribution >= 0.6 is 0 Å². The predicted molar refractivity (Wildman–Crippen MR) is 97.4 cm³/mol. The van der Waals surface area contributed by atoms with E-state index in [1.807, 2.05) is 0 Å². The summed E-state index contributed by atoms with van der Waals surface area (Å²) in [5.74, 6) is 1.07. The maximum atomic E-state index is 11.6. The highest BCUT2D eigenvalue weighted by Gasteiger charge is 2.44. The Balaban J connectivity index is 1.58. The van der Waals surface area contributed by atoms with Gasteiger partial charge in [0.15, 0.2) is 21.6 Å². The summed E-state index contributed by atoms with van der Waals surface area (Å²) in [4.78, 5) is 4.69. The van der Waals surface area contributed by atoms with Crippen molar-refractivity contribution in [2.45, 2.75) is 63.8 Å². The molecule has 3 aliphatic rings. The Labute approximate surface area is 150 Å². The van der Waals surface area contributed by atoms with Crippen molar-refractivity contribution in [2.75, 3.05) is 31.3 Å². The minimum atomic E-state index is -2.85. The van der Waals surface area contributed by atoms with Gasteiger partial charge in [0.2, 0.25) is 0 Å². The fraction of sp³-hybridized carbons (Fsp3) is 0.941. The Kier molecular flexibility index (Phi) is 5.90. The number of hydrogen-bond donors (Lipinski definition) is 2. The zero-order valence-electron chi connectivity index (χ0n) is 15.3. The lowest BCUT2D eigenvalue weighted by Crippen LogP contribution is -2.46. The second-order valence-corrected chi connectivity index (χ2v) is 9.83. The van der Waals surface area contributed by atoms with Crippen LogP contribution in [0.15, 0.2) is 4.99 Å². The zero-order chi connectivity index (χ0) is 17.9. The molecule has 2 saturated heterocycles. The van der Waals surface area contributed by atoms with Gasteiger partial charge in [-0.15, -0.1) is 0 Å². The van der Waals surface area contributed by atoms with Crippen LogP contribution in [0.1, 0.15) is 46.0 Å². The highest BCUT2D eigenvalue weighted by molar-refractivity contribution is 7.91. The van der Waals surface area contributed by atoms with Crippen molar-refractivity contribution in [1.29, 1.82) is 0 Å². The van der Waals surface area contributed by atoms with Gasteiger partial charge in [-0.3, -0.25) is 4.99 Å². The number of hydrogen-bond acceptors (Lipinski definition) is 5. The van der Waals surface area contributed by atoms with E-state index >= 15 is 0 Å². The van der Waals surface area contributed by atoms with E-state index in [2.05, 4.69) is 29.5 Å². The van der Waals surface area contributed by atoms with Crippen molar-refractivity contribution in [2.24, 2.45) is 10.9 Å². The monoisotopic (exact) mass is 373 g/mol. The Morgan fingerprint density at radius 3 is 2.72 bits per heavy atom. The smallest absolute Gasteiger partial charge is 0.191 e. The number of ether oxygens (including phenoxy) is 2. The van der Waals surface area contributed by atoms with Gasteiger partial charge in [-0.25, -0.2) is 8.42 Å². The predicted octanol–water partition coefficient (Wildman–Crippen LogP) is 1.05. The molecule has 0 aromatic heterocycles. The summed E-state index contributed by atoms with van der Waals surface area (Å²) >= 11 is 0. The molecule has 144 valence electrons. The van der Waals surface area contributed by atoms with Gasteiger partial charge in [0.1, 0.15) is 0 Å². The second-order valence-electron chi connectivity index (χ2n) is 7.60. The third-order valence-corrected chi connectivity index (χ3v) is 7.25. The van der Waals surface area contributed by atoms with Crippen LogP contribution in [0.3, 0.4) is 0 Å². The van der Waals surface area contributed by atoms with Gasteiger partial charge in [0, 0.05) is 31.5 Å². The number of guanidine groups is 1. The van der Waals surface area contributed by atoms with E-state index in [0.29, 0.717) is 31.6 Å². The van der Waals surface area contributed by atoms with Crippen LogP contribution in [0.5, 0.6) is 0 Å². The maximum absolute atomic E-state index is 11.6. The molecule has 25 heavy (non-hydrogen) atoms. The van der Waals surface area contributed by atoms with Crippen molar-refractivity contribution < 1.29 is 17.9 Å². The van der Waals surface area contributed by atoms with E-state index in [-0.39, 0.29) is 17.7 Å². The molecule has 2 aliphatic heterocycles. The fourth-order valence-corrected chi connectivity index (χ4v) is 5.60. The van der Waals surface area contributed by atoms with Crippen molar-refractivity contribution >= 4 is 15.8 Å². The summed E-state index contributed by atoms with van der Waals surface area (Å²) in [6, 6.07) is 0.577. The Bertz CT molecular complexity index is 587. The van der Waals surface area contributed by atoms with Gasteiger partial charge in [-0.2, -0.15) is 0 Å². The van der Waals surface area contributed by atoms with E-state index < -0.39 is 15.6 Å². The molecule has 3 atom stereocenters. The molecule has 1 aliphatic carbocycles. The molecule has 3 fully saturated rings. The first-order valence-electron chi connectivity index (χ1n) is 9.45. The molecule has 0 aromatic carbocycles. The van der Waals surface area contributed by atoms with Crippen LogP contribution in [0.2, 0.25) is 0 Å². The number of aliphatic imine (C=N–C) groups is 1. The van der Waals surface area contributed by atoms with E-state index in [4.69, 9.17) is 9.47 Å². The highest BCUT2D eigenvalue weighted by atomic mass is 32.2. The molecule has 8 heteroatoms. The normalized spacial score (nSPS) is 32.2. The Morgan fingerprint density at radius 2 is 2.08 bits per heavy atom. The number of nitrogens with zero attached hydrogens (tertiary/aromatic N) is 1. The molecule has 0 aromatic rings. The lowest BCUT2D eigenvalue weighted by Gasteiger charge is -2.24. The van der Waals surface area contributed by atoms with E-state index in [9.17, 15) is 8.42 Å². The van der Waals surface area contributed by atoms with Crippen LogP contribution < -0.4 is 10.6 Å². The zero-order valence-corrected chi connectivity index (χ0v) is 16.1. The molecule has 3 unspecified atom stereocenters. The maximum Gasteiger partial charge on any atom is 0.191 e. The molecule has 3 rings (SSSR count). The lowest BCUT2D eigenvalue weighted by molar-refractivity contribution is -0.151. The SMILES string of the molecule is CCC(C)NC(=NCC1CCS(=O)(=O)C1)NC1CCC2(C1)OCCO2. The molecule has 2 heterocycles. The number of sulfone groups is 1.